The Hall–Kier alpha value is -0.640. The molecule has 1 unspecified atom stereocenters. The van der Waals surface area contributed by atoms with Gasteiger partial charge in [0.1, 0.15) is 6.10 Å². The van der Waals surface area contributed by atoms with Gasteiger partial charge in [0.25, 0.3) is 0 Å². The third-order valence-corrected chi connectivity index (χ3v) is 4.42. The zero-order valence-corrected chi connectivity index (χ0v) is 14.8. The number of aliphatic hydroxyl groups is 1. The van der Waals surface area contributed by atoms with Crippen LogP contribution in [0.15, 0.2) is 45.3 Å². The number of hydrogen-bond acceptors (Lipinski definition) is 1. The third-order valence-electron chi connectivity index (χ3n) is 3.51. The maximum absolute atomic E-state index is 10.6. The van der Waals surface area contributed by atoms with Crippen LogP contribution < -0.4 is 0 Å². The topological polar surface area (TPSA) is 20.2 Å². The number of halogens is 2. The zero-order chi connectivity index (χ0) is 14.7. The van der Waals surface area contributed by atoms with Crippen LogP contribution in [0.5, 0.6) is 0 Å². The van der Waals surface area contributed by atoms with Crippen molar-refractivity contribution in [1.82, 2.24) is 0 Å². The van der Waals surface area contributed by atoms with Gasteiger partial charge < -0.3 is 5.11 Å². The van der Waals surface area contributed by atoms with E-state index in [0.717, 1.165) is 32.9 Å². The molecule has 0 radical (unpaired) electrons. The van der Waals surface area contributed by atoms with E-state index >= 15 is 0 Å². The second-order valence-corrected chi connectivity index (χ2v) is 6.67. The van der Waals surface area contributed by atoms with Gasteiger partial charge in [0.2, 0.25) is 0 Å². The van der Waals surface area contributed by atoms with Gasteiger partial charge in [-0.2, -0.15) is 0 Å². The lowest BCUT2D eigenvalue weighted by Gasteiger charge is -2.15. The lowest BCUT2D eigenvalue weighted by Crippen LogP contribution is -2.02. The number of aliphatic hydroxyl groups excluding tert-OH is 1. The van der Waals surface area contributed by atoms with E-state index in [1.165, 1.54) is 11.1 Å². The summed E-state index contributed by atoms with van der Waals surface area (Å²) in [6, 6.07) is 12.2. The van der Waals surface area contributed by atoms with Crippen LogP contribution in [0.4, 0.5) is 0 Å². The molecule has 1 atom stereocenters. The molecule has 0 aromatic heterocycles. The molecule has 0 bridgehead atoms. The smallest absolute Gasteiger partial charge is 0.104 e. The quantitative estimate of drug-likeness (QED) is 0.730. The highest BCUT2D eigenvalue weighted by Crippen LogP contribution is 2.29. The van der Waals surface area contributed by atoms with Crippen LogP contribution in [0.25, 0.3) is 0 Å². The summed E-state index contributed by atoms with van der Waals surface area (Å²) in [7, 11) is 0. The molecule has 0 aliphatic carbocycles. The first-order chi connectivity index (χ1) is 9.55. The number of hydrogen-bond donors (Lipinski definition) is 1. The van der Waals surface area contributed by atoms with Crippen LogP contribution in [-0.2, 0) is 12.8 Å². The zero-order valence-electron chi connectivity index (χ0n) is 11.7. The van der Waals surface area contributed by atoms with Crippen LogP contribution in [0.3, 0.4) is 0 Å². The molecule has 20 heavy (non-hydrogen) atoms. The van der Waals surface area contributed by atoms with Crippen molar-refractivity contribution < 1.29 is 5.11 Å². The van der Waals surface area contributed by atoms with E-state index in [-0.39, 0.29) is 0 Å². The van der Waals surface area contributed by atoms with Crippen molar-refractivity contribution in [3.8, 4) is 0 Å². The minimum Gasteiger partial charge on any atom is -0.384 e. The maximum Gasteiger partial charge on any atom is 0.104 e. The molecular weight excluding hydrogens is 380 g/mol. The van der Waals surface area contributed by atoms with Crippen molar-refractivity contribution >= 4 is 31.9 Å². The lowest BCUT2D eigenvalue weighted by atomic mass is 9.95. The van der Waals surface area contributed by atoms with Crippen molar-refractivity contribution in [3.63, 3.8) is 0 Å². The van der Waals surface area contributed by atoms with Gasteiger partial charge in [-0.05, 0) is 53.3 Å². The standard InChI is InChI=1S/C17H18Br2O/c1-3-11-5-6-13(7-12(11)4-2)17(20)14-8-15(18)10-16(19)9-14/h5-10,17,20H,3-4H2,1-2H3. The molecule has 0 saturated carbocycles. The van der Waals surface area contributed by atoms with Crippen molar-refractivity contribution in [1.29, 1.82) is 0 Å². The van der Waals surface area contributed by atoms with Gasteiger partial charge in [-0.3, -0.25) is 0 Å². The highest BCUT2D eigenvalue weighted by molar-refractivity contribution is 9.11. The molecule has 0 heterocycles. The molecule has 0 spiro atoms. The Morgan fingerprint density at radius 3 is 2.00 bits per heavy atom. The predicted octanol–water partition coefficient (Wildman–Crippen LogP) is 5.42. The largest absolute Gasteiger partial charge is 0.384 e. The summed E-state index contributed by atoms with van der Waals surface area (Å²) in [4.78, 5) is 0. The van der Waals surface area contributed by atoms with E-state index in [1.54, 1.807) is 0 Å². The fraction of sp³-hybridized carbons (Fsp3) is 0.294. The molecule has 3 heteroatoms. The SMILES string of the molecule is CCc1ccc(C(O)c2cc(Br)cc(Br)c2)cc1CC. The molecule has 106 valence electrons. The van der Waals surface area contributed by atoms with Crippen LogP contribution >= 0.6 is 31.9 Å². The summed E-state index contributed by atoms with van der Waals surface area (Å²) >= 11 is 6.93. The maximum atomic E-state index is 10.6. The molecule has 2 rings (SSSR count). The van der Waals surface area contributed by atoms with Crippen LogP contribution in [0.1, 0.15) is 42.2 Å². The van der Waals surface area contributed by atoms with E-state index in [1.807, 2.05) is 24.3 Å². The summed E-state index contributed by atoms with van der Waals surface area (Å²) in [5.74, 6) is 0. The normalized spacial score (nSPS) is 12.4. The summed E-state index contributed by atoms with van der Waals surface area (Å²) in [5, 5.41) is 10.6. The fourth-order valence-corrected chi connectivity index (χ4v) is 3.74. The molecule has 0 aliphatic rings. The van der Waals surface area contributed by atoms with E-state index in [4.69, 9.17) is 0 Å². The van der Waals surface area contributed by atoms with E-state index in [9.17, 15) is 5.11 Å². The number of rotatable bonds is 4. The molecule has 1 N–H and O–H groups in total. The van der Waals surface area contributed by atoms with Crippen LogP contribution in [-0.4, -0.2) is 5.11 Å². The summed E-state index contributed by atoms with van der Waals surface area (Å²) in [6.45, 7) is 4.32. The first-order valence-electron chi connectivity index (χ1n) is 6.80. The Morgan fingerprint density at radius 1 is 0.850 bits per heavy atom. The van der Waals surface area contributed by atoms with Crippen molar-refractivity contribution in [2.45, 2.75) is 32.8 Å². The minimum absolute atomic E-state index is 0.597. The average Bonchev–Trinajstić information content (AvgIpc) is 2.44. The predicted molar refractivity (Wildman–Crippen MR) is 91.1 cm³/mol. The average molecular weight is 398 g/mol. The molecule has 2 aromatic carbocycles. The molecule has 0 amide bonds. The van der Waals surface area contributed by atoms with Crippen molar-refractivity contribution in [3.05, 3.63) is 67.6 Å². The monoisotopic (exact) mass is 396 g/mol. The summed E-state index contributed by atoms with van der Waals surface area (Å²) in [5.41, 5.74) is 4.51. The Kier molecular flexibility index (Phi) is 5.42. The van der Waals surface area contributed by atoms with Gasteiger partial charge in [-0.15, -0.1) is 0 Å². The van der Waals surface area contributed by atoms with Crippen molar-refractivity contribution in [2.75, 3.05) is 0 Å². The first-order valence-corrected chi connectivity index (χ1v) is 8.39. The highest BCUT2D eigenvalue weighted by Gasteiger charge is 2.13. The molecule has 0 saturated heterocycles. The Morgan fingerprint density at radius 2 is 1.45 bits per heavy atom. The molecule has 1 nitrogen and oxygen atoms in total. The molecule has 0 aliphatic heterocycles. The Labute approximate surface area is 137 Å². The summed E-state index contributed by atoms with van der Waals surface area (Å²) in [6.07, 6.45) is 1.42. The molecule has 2 aromatic rings. The minimum atomic E-state index is -0.597. The Bertz CT molecular complexity index is 588. The van der Waals surface area contributed by atoms with E-state index in [2.05, 4.69) is 57.8 Å². The Balaban J connectivity index is 2.39. The van der Waals surface area contributed by atoms with E-state index in [0.29, 0.717) is 0 Å². The van der Waals surface area contributed by atoms with E-state index < -0.39 is 6.10 Å². The highest BCUT2D eigenvalue weighted by atomic mass is 79.9. The van der Waals surface area contributed by atoms with Gasteiger partial charge in [-0.25, -0.2) is 0 Å². The van der Waals surface area contributed by atoms with Gasteiger partial charge in [-0.1, -0.05) is 63.9 Å². The first kappa shape index (κ1) is 15.7. The molecule has 0 fully saturated rings. The fourth-order valence-electron chi connectivity index (χ4n) is 2.42. The second kappa shape index (κ2) is 6.88. The van der Waals surface area contributed by atoms with Gasteiger partial charge >= 0.3 is 0 Å². The summed E-state index contributed by atoms with van der Waals surface area (Å²) < 4.78 is 1.92. The molecular formula is C17H18Br2O. The number of benzene rings is 2. The third kappa shape index (κ3) is 3.51. The van der Waals surface area contributed by atoms with Crippen LogP contribution in [0, 0.1) is 0 Å². The van der Waals surface area contributed by atoms with Crippen molar-refractivity contribution in [2.24, 2.45) is 0 Å². The van der Waals surface area contributed by atoms with Crippen LogP contribution in [0.2, 0.25) is 0 Å². The van der Waals surface area contributed by atoms with Gasteiger partial charge in [0, 0.05) is 8.95 Å². The number of aryl methyl sites for hydroxylation is 2. The van der Waals surface area contributed by atoms with Gasteiger partial charge in [0.05, 0.1) is 0 Å². The van der Waals surface area contributed by atoms with Gasteiger partial charge in [0.15, 0.2) is 0 Å². The lowest BCUT2D eigenvalue weighted by molar-refractivity contribution is 0.220. The second-order valence-electron chi connectivity index (χ2n) is 4.84.